The minimum atomic E-state index is 0.0815. The first-order valence-corrected chi connectivity index (χ1v) is 7.83. The Bertz CT molecular complexity index is 476. The number of para-hydroxylation sites is 1. The predicted molar refractivity (Wildman–Crippen MR) is 84.0 cm³/mol. The molecule has 2 atom stereocenters. The molecule has 1 saturated carbocycles. The third-order valence-electron chi connectivity index (χ3n) is 4.12. The molecule has 0 spiro atoms. The number of benzene rings is 1. The minimum Gasteiger partial charge on any atom is -0.494 e. The second kappa shape index (κ2) is 7.46. The summed E-state index contributed by atoms with van der Waals surface area (Å²) in [7, 11) is 1.87. The maximum absolute atomic E-state index is 12.5. The summed E-state index contributed by atoms with van der Waals surface area (Å²) in [6.07, 6.45) is 3.88. The first kappa shape index (κ1) is 15.8. The van der Waals surface area contributed by atoms with Gasteiger partial charge >= 0.3 is 0 Å². The standard InChI is InChI=1S/C17H26N2O2/c1-3-21-16-10-5-4-7-14(16)12-19(2)17(20)13-8-6-9-15(18)11-13/h4-5,7,10,13,15H,3,6,8-9,11-12,18H2,1-2H3. The van der Waals surface area contributed by atoms with Crippen LogP contribution in [-0.2, 0) is 11.3 Å². The molecule has 1 aromatic rings. The molecular weight excluding hydrogens is 264 g/mol. The Kier molecular flexibility index (Phi) is 5.62. The molecule has 0 aromatic heterocycles. The molecule has 1 amide bonds. The van der Waals surface area contributed by atoms with E-state index in [1.165, 1.54) is 0 Å². The topological polar surface area (TPSA) is 55.6 Å². The first-order valence-electron chi connectivity index (χ1n) is 7.83. The van der Waals surface area contributed by atoms with Gasteiger partial charge in [-0.15, -0.1) is 0 Å². The number of amides is 1. The summed E-state index contributed by atoms with van der Waals surface area (Å²) in [4.78, 5) is 14.4. The fraction of sp³-hybridized carbons (Fsp3) is 0.588. The number of carbonyl (C=O) groups is 1. The zero-order valence-electron chi connectivity index (χ0n) is 13.0. The molecule has 0 saturated heterocycles. The molecule has 0 bridgehead atoms. The Balaban J connectivity index is 2.00. The second-order valence-electron chi connectivity index (χ2n) is 5.86. The lowest BCUT2D eigenvalue weighted by Gasteiger charge is -2.29. The number of hydrogen-bond acceptors (Lipinski definition) is 3. The Hall–Kier alpha value is -1.55. The van der Waals surface area contributed by atoms with Crippen LogP contribution in [0.3, 0.4) is 0 Å². The normalized spacial score (nSPS) is 21.9. The molecule has 0 aliphatic heterocycles. The third-order valence-corrected chi connectivity index (χ3v) is 4.12. The summed E-state index contributed by atoms with van der Waals surface area (Å²) in [6.45, 7) is 3.18. The van der Waals surface area contributed by atoms with Crippen LogP contribution in [0.4, 0.5) is 0 Å². The van der Waals surface area contributed by atoms with Gasteiger partial charge in [0.1, 0.15) is 5.75 Å². The molecule has 116 valence electrons. The Labute approximate surface area is 127 Å². The molecule has 1 fully saturated rings. The van der Waals surface area contributed by atoms with Crippen LogP contribution in [0.25, 0.3) is 0 Å². The molecule has 4 nitrogen and oxygen atoms in total. The Morgan fingerprint density at radius 1 is 1.38 bits per heavy atom. The van der Waals surface area contributed by atoms with E-state index in [0.29, 0.717) is 13.2 Å². The zero-order valence-corrected chi connectivity index (χ0v) is 13.0. The van der Waals surface area contributed by atoms with Gasteiger partial charge in [-0.3, -0.25) is 4.79 Å². The monoisotopic (exact) mass is 290 g/mol. The van der Waals surface area contributed by atoms with Crippen molar-refractivity contribution in [2.45, 2.75) is 45.2 Å². The molecule has 1 aromatic carbocycles. The second-order valence-corrected chi connectivity index (χ2v) is 5.86. The molecule has 1 aliphatic carbocycles. The van der Waals surface area contributed by atoms with Gasteiger partial charge in [0.25, 0.3) is 0 Å². The largest absolute Gasteiger partial charge is 0.494 e. The van der Waals surface area contributed by atoms with E-state index >= 15 is 0 Å². The average Bonchev–Trinajstić information content (AvgIpc) is 2.48. The van der Waals surface area contributed by atoms with Crippen LogP contribution in [0.2, 0.25) is 0 Å². The lowest BCUT2D eigenvalue weighted by Crippen LogP contribution is -2.38. The number of nitrogens with two attached hydrogens (primary N) is 1. The van der Waals surface area contributed by atoms with Crippen LogP contribution in [-0.4, -0.2) is 30.5 Å². The van der Waals surface area contributed by atoms with Gasteiger partial charge in [0.05, 0.1) is 6.61 Å². The van der Waals surface area contributed by atoms with E-state index in [1.807, 2.05) is 38.2 Å². The quantitative estimate of drug-likeness (QED) is 0.906. The molecule has 4 heteroatoms. The maximum Gasteiger partial charge on any atom is 0.225 e. The molecule has 1 aliphatic rings. The fourth-order valence-electron chi connectivity index (χ4n) is 3.03. The number of hydrogen-bond donors (Lipinski definition) is 1. The van der Waals surface area contributed by atoms with E-state index in [0.717, 1.165) is 37.0 Å². The van der Waals surface area contributed by atoms with Gasteiger partial charge in [-0.25, -0.2) is 0 Å². The van der Waals surface area contributed by atoms with Crippen molar-refractivity contribution in [3.63, 3.8) is 0 Å². The third kappa shape index (κ3) is 4.21. The summed E-state index contributed by atoms with van der Waals surface area (Å²) in [6, 6.07) is 8.08. The molecular formula is C17H26N2O2. The first-order chi connectivity index (χ1) is 10.1. The number of rotatable bonds is 5. The lowest BCUT2D eigenvalue weighted by molar-refractivity contribution is -0.135. The highest BCUT2D eigenvalue weighted by Gasteiger charge is 2.27. The van der Waals surface area contributed by atoms with Crippen molar-refractivity contribution in [3.05, 3.63) is 29.8 Å². The summed E-state index contributed by atoms with van der Waals surface area (Å²) in [5.41, 5.74) is 7.04. The Morgan fingerprint density at radius 3 is 2.86 bits per heavy atom. The van der Waals surface area contributed by atoms with E-state index in [2.05, 4.69) is 0 Å². The van der Waals surface area contributed by atoms with Gasteiger partial charge in [0, 0.05) is 31.1 Å². The van der Waals surface area contributed by atoms with Gasteiger partial charge < -0.3 is 15.4 Å². The summed E-state index contributed by atoms with van der Waals surface area (Å²) >= 11 is 0. The lowest BCUT2D eigenvalue weighted by atomic mass is 9.85. The molecule has 0 radical (unpaired) electrons. The number of ether oxygens (including phenoxy) is 1. The van der Waals surface area contributed by atoms with Crippen molar-refractivity contribution >= 4 is 5.91 Å². The molecule has 2 rings (SSSR count). The number of carbonyl (C=O) groups excluding carboxylic acids is 1. The maximum atomic E-state index is 12.5. The predicted octanol–water partition coefficient (Wildman–Crippen LogP) is 2.56. The fourth-order valence-corrected chi connectivity index (χ4v) is 3.03. The van der Waals surface area contributed by atoms with Crippen LogP contribution in [0.5, 0.6) is 5.75 Å². The molecule has 21 heavy (non-hydrogen) atoms. The van der Waals surface area contributed by atoms with Crippen molar-refractivity contribution in [1.82, 2.24) is 4.90 Å². The van der Waals surface area contributed by atoms with Crippen molar-refractivity contribution in [2.75, 3.05) is 13.7 Å². The van der Waals surface area contributed by atoms with E-state index in [-0.39, 0.29) is 17.9 Å². The van der Waals surface area contributed by atoms with Gasteiger partial charge in [-0.1, -0.05) is 24.6 Å². The number of nitrogens with zero attached hydrogens (tertiary/aromatic N) is 1. The van der Waals surface area contributed by atoms with Crippen LogP contribution in [0, 0.1) is 5.92 Å². The highest BCUT2D eigenvalue weighted by atomic mass is 16.5. The molecule has 2 N–H and O–H groups in total. The smallest absolute Gasteiger partial charge is 0.225 e. The molecule has 0 heterocycles. The highest BCUT2D eigenvalue weighted by molar-refractivity contribution is 5.78. The highest BCUT2D eigenvalue weighted by Crippen LogP contribution is 2.26. The van der Waals surface area contributed by atoms with Crippen molar-refractivity contribution < 1.29 is 9.53 Å². The summed E-state index contributed by atoms with van der Waals surface area (Å²) < 4.78 is 5.62. The minimum absolute atomic E-state index is 0.0815. The van der Waals surface area contributed by atoms with E-state index in [9.17, 15) is 4.79 Å². The Morgan fingerprint density at radius 2 is 2.14 bits per heavy atom. The van der Waals surface area contributed by atoms with Crippen molar-refractivity contribution in [2.24, 2.45) is 11.7 Å². The van der Waals surface area contributed by atoms with E-state index < -0.39 is 0 Å². The van der Waals surface area contributed by atoms with Crippen LogP contribution >= 0.6 is 0 Å². The van der Waals surface area contributed by atoms with E-state index in [4.69, 9.17) is 10.5 Å². The van der Waals surface area contributed by atoms with Gasteiger partial charge in [0.2, 0.25) is 5.91 Å². The van der Waals surface area contributed by atoms with Gasteiger partial charge in [-0.05, 0) is 32.3 Å². The van der Waals surface area contributed by atoms with E-state index in [1.54, 1.807) is 4.90 Å². The average molecular weight is 290 g/mol. The SMILES string of the molecule is CCOc1ccccc1CN(C)C(=O)C1CCCC(N)C1. The van der Waals surface area contributed by atoms with Crippen LogP contribution in [0.1, 0.15) is 38.2 Å². The van der Waals surface area contributed by atoms with Crippen molar-refractivity contribution in [3.8, 4) is 5.75 Å². The van der Waals surface area contributed by atoms with Gasteiger partial charge in [0.15, 0.2) is 0 Å². The summed E-state index contributed by atoms with van der Waals surface area (Å²) in [5.74, 6) is 1.15. The van der Waals surface area contributed by atoms with Crippen LogP contribution < -0.4 is 10.5 Å². The zero-order chi connectivity index (χ0) is 15.2. The van der Waals surface area contributed by atoms with Gasteiger partial charge in [-0.2, -0.15) is 0 Å². The van der Waals surface area contributed by atoms with Crippen LogP contribution in [0.15, 0.2) is 24.3 Å². The molecule has 2 unspecified atom stereocenters. The van der Waals surface area contributed by atoms with Crippen molar-refractivity contribution in [1.29, 1.82) is 0 Å². The summed E-state index contributed by atoms with van der Waals surface area (Å²) in [5, 5.41) is 0.